The summed E-state index contributed by atoms with van der Waals surface area (Å²) in [5.41, 5.74) is 2.87. The molecule has 2 aromatic heterocycles. The van der Waals surface area contributed by atoms with Gasteiger partial charge in [-0.05, 0) is 38.0 Å². The Kier molecular flexibility index (Phi) is 1.93. The molecule has 1 aliphatic rings. The fourth-order valence-corrected chi connectivity index (χ4v) is 2.02. The van der Waals surface area contributed by atoms with Crippen LogP contribution in [0.5, 0.6) is 0 Å². The van der Waals surface area contributed by atoms with Crippen molar-refractivity contribution in [1.29, 1.82) is 0 Å². The van der Waals surface area contributed by atoms with Gasteiger partial charge in [0.2, 0.25) is 0 Å². The molecule has 1 saturated carbocycles. The highest BCUT2D eigenvalue weighted by atomic mass is 35.5. The number of hydrogen-bond acceptors (Lipinski definition) is 2. The van der Waals surface area contributed by atoms with Crippen LogP contribution in [0.2, 0.25) is 5.02 Å². The topological polar surface area (TPSA) is 25.8 Å². The number of aryl methyl sites for hydroxylation is 1. The Balaban J connectivity index is 2.27. The smallest absolute Gasteiger partial charge is 0.161 e. The molecule has 1 fully saturated rings. The molecule has 3 heteroatoms. The molecule has 3 rings (SSSR count). The highest BCUT2D eigenvalue weighted by Gasteiger charge is 2.25. The summed E-state index contributed by atoms with van der Waals surface area (Å²) in [7, 11) is 0. The molecule has 15 heavy (non-hydrogen) atoms. The Labute approximate surface area is 93.3 Å². The molecule has 0 aliphatic heterocycles. The number of nitrogens with zero attached hydrogens (tertiary/aromatic N) is 2. The van der Waals surface area contributed by atoms with Gasteiger partial charge in [0, 0.05) is 22.7 Å². The first-order valence-electron chi connectivity index (χ1n) is 5.18. The van der Waals surface area contributed by atoms with Crippen molar-refractivity contribution in [1.82, 2.24) is 9.97 Å². The van der Waals surface area contributed by atoms with Gasteiger partial charge in [-0.25, -0.2) is 9.97 Å². The molecule has 0 N–H and O–H groups in total. The predicted octanol–water partition coefficient (Wildman–Crippen LogP) is 3.47. The van der Waals surface area contributed by atoms with E-state index in [1.54, 1.807) is 0 Å². The summed E-state index contributed by atoms with van der Waals surface area (Å²) < 4.78 is 0. The minimum absolute atomic E-state index is 0.620. The van der Waals surface area contributed by atoms with Gasteiger partial charge in [0.15, 0.2) is 5.65 Å². The number of pyridine rings is 2. The van der Waals surface area contributed by atoms with E-state index in [0.717, 1.165) is 27.4 Å². The van der Waals surface area contributed by atoms with E-state index in [4.69, 9.17) is 11.6 Å². The maximum atomic E-state index is 6.21. The number of aromatic nitrogens is 2. The molecule has 0 saturated heterocycles. The summed E-state index contributed by atoms with van der Waals surface area (Å²) in [6.07, 6.45) is 2.47. The van der Waals surface area contributed by atoms with Crippen LogP contribution in [0.15, 0.2) is 18.2 Å². The maximum Gasteiger partial charge on any atom is 0.161 e. The summed E-state index contributed by atoms with van der Waals surface area (Å²) in [6.45, 7) is 1.97. The van der Waals surface area contributed by atoms with Crippen LogP contribution >= 0.6 is 11.6 Å². The van der Waals surface area contributed by atoms with Crippen molar-refractivity contribution in [3.8, 4) is 0 Å². The molecule has 0 amide bonds. The van der Waals surface area contributed by atoms with Crippen molar-refractivity contribution in [3.05, 3.63) is 34.6 Å². The van der Waals surface area contributed by atoms with Crippen LogP contribution in [0, 0.1) is 6.92 Å². The van der Waals surface area contributed by atoms with Gasteiger partial charge < -0.3 is 0 Å². The lowest BCUT2D eigenvalue weighted by molar-refractivity contribution is 1.03. The second-order valence-corrected chi connectivity index (χ2v) is 4.53. The average Bonchev–Trinajstić information content (AvgIpc) is 2.99. The van der Waals surface area contributed by atoms with Crippen molar-refractivity contribution in [2.24, 2.45) is 0 Å². The lowest BCUT2D eigenvalue weighted by Gasteiger charge is -2.03. The zero-order valence-corrected chi connectivity index (χ0v) is 9.25. The molecule has 2 nitrogen and oxygen atoms in total. The summed E-state index contributed by atoms with van der Waals surface area (Å²) in [4.78, 5) is 8.98. The monoisotopic (exact) mass is 218 g/mol. The summed E-state index contributed by atoms with van der Waals surface area (Å²) in [6, 6.07) is 5.94. The van der Waals surface area contributed by atoms with Crippen molar-refractivity contribution in [3.63, 3.8) is 0 Å². The summed E-state index contributed by atoms with van der Waals surface area (Å²) >= 11 is 6.21. The van der Waals surface area contributed by atoms with Gasteiger partial charge in [-0.15, -0.1) is 0 Å². The summed E-state index contributed by atoms with van der Waals surface area (Å²) in [5.74, 6) is 0.620. The number of rotatable bonds is 1. The standard InChI is InChI=1S/C12H11ClN2/c1-7-2-5-9-10(13)6-11(8-3-4-8)15-12(9)14-7/h2,5-6,8H,3-4H2,1H3. The quantitative estimate of drug-likeness (QED) is 0.733. The first-order chi connectivity index (χ1) is 7.24. The van der Waals surface area contributed by atoms with Gasteiger partial charge in [0.25, 0.3) is 0 Å². The van der Waals surface area contributed by atoms with Crippen LogP contribution < -0.4 is 0 Å². The van der Waals surface area contributed by atoms with Crippen molar-refractivity contribution >= 4 is 22.6 Å². The zero-order chi connectivity index (χ0) is 10.4. The maximum absolute atomic E-state index is 6.21. The van der Waals surface area contributed by atoms with Crippen LogP contribution in [0.1, 0.15) is 30.1 Å². The van der Waals surface area contributed by atoms with E-state index in [2.05, 4.69) is 9.97 Å². The molecule has 0 unspecified atom stereocenters. The molecule has 0 aromatic carbocycles. The molecule has 0 spiro atoms. The third-order valence-corrected chi connectivity index (χ3v) is 3.09. The SMILES string of the molecule is Cc1ccc2c(Cl)cc(C3CC3)nc2n1. The second kappa shape index (κ2) is 3.17. The average molecular weight is 219 g/mol. The molecule has 0 bridgehead atoms. The van der Waals surface area contributed by atoms with Crippen LogP contribution in [0.25, 0.3) is 11.0 Å². The minimum Gasteiger partial charge on any atom is -0.233 e. The fourth-order valence-electron chi connectivity index (χ4n) is 1.77. The third kappa shape index (κ3) is 1.59. The third-order valence-electron chi connectivity index (χ3n) is 2.78. The second-order valence-electron chi connectivity index (χ2n) is 4.13. The first kappa shape index (κ1) is 9.10. The zero-order valence-electron chi connectivity index (χ0n) is 8.50. The van der Waals surface area contributed by atoms with Gasteiger partial charge in [0.05, 0.1) is 5.02 Å². The van der Waals surface area contributed by atoms with Crippen molar-refractivity contribution in [2.75, 3.05) is 0 Å². The first-order valence-corrected chi connectivity index (χ1v) is 5.55. The van der Waals surface area contributed by atoms with Gasteiger partial charge in [0.1, 0.15) is 0 Å². The largest absolute Gasteiger partial charge is 0.233 e. The van der Waals surface area contributed by atoms with Gasteiger partial charge >= 0.3 is 0 Å². The molecule has 2 aromatic rings. The molecule has 0 radical (unpaired) electrons. The van der Waals surface area contributed by atoms with Crippen LogP contribution in [0.3, 0.4) is 0 Å². The number of halogens is 1. The Morgan fingerprint density at radius 1 is 1.27 bits per heavy atom. The van der Waals surface area contributed by atoms with Gasteiger partial charge in [-0.3, -0.25) is 0 Å². The minimum atomic E-state index is 0.620. The van der Waals surface area contributed by atoms with Crippen LogP contribution in [-0.2, 0) is 0 Å². The lowest BCUT2D eigenvalue weighted by Crippen LogP contribution is -1.92. The fraction of sp³-hybridized carbons (Fsp3) is 0.333. The van der Waals surface area contributed by atoms with E-state index < -0.39 is 0 Å². The molecular formula is C12H11ClN2. The molecular weight excluding hydrogens is 208 g/mol. The summed E-state index contributed by atoms with van der Waals surface area (Å²) in [5, 5.41) is 1.72. The van der Waals surface area contributed by atoms with E-state index >= 15 is 0 Å². The van der Waals surface area contributed by atoms with E-state index in [1.807, 2.05) is 25.1 Å². The van der Waals surface area contributed by atoms with Crippen LogP contribution in [0.4, 0.5) is 0 Å². The highest BCUT2D eigenvalue weighted by molar-refractivity contribution is 6.35. The van der Waals surface area contributed by atoms with Gasteiger partial charge in [-0.1, -0.05) is 11.6 Å². The normalized spacial score (nSPS) is 15.9. The van der Waals surface area contributed by atoms with E-state index in [0.29, 0.717) is 5.92 Å². The van der Waals surface area contributed by atoms with Crippen molar-refractivity contribution < 1.29 is 0 Å². The van der Waals surface area contributed by atoms with E-state index in [-0.39, 0.29) is 0 Å². The Bertz CT molecular complexity index is 532. The predicted molar refractivity (Wildman–Crippen MR) is 61.3 cm³/mol. The Morgan fingerprint density at radius 3 is 2.80 bits per heavy atom. The number of hydrogen-bond donors (Lipinski definition) is 0. The van der Waals surface area contributed by atoms with Gasteiger partial charge in [-0.2, -0.15) is 0 Å². The Morgan fingerprint density at radius 2 is 2.07 bits per heavy atom. The number of fused-ring (bicyclic) bond motifs is 1. The lowest BCUT2D eigenvalue weighted by atomic mass is 10.2. The van der Waals surface area contributed by atoms with Crippen LogP contribution in [-0.4, -0.2) is 9.97 Å². The van der Waals surface area contributed by atoms with Crippen molar-refractivity contribution in [2.45, 2.75) is 25.7 Å². The Hall–Kier alpha value is -1.15. The molecule has 76 valence electrons. The highest BCUT2D eigenvalue weighted by Crippen LogP contribution is 2.40. The van der Waals surface area contributed by atoms with E-state index in [9.17, 15) is 0 Å². The molecule has 2 heterocycles. The van der Waals surface area contributed by atoms with E-state index in [1.165, 1.54) is 12.8 Å². The molecule has 1 aliphatic carbocycles. The molecule has 0 atom stereocenters.